The molecule has 3 aromatic rings. The van der Waals surface area contributed by atoms with Gasteiger partial charge in [0, 0.05) is 6.20 Å². The van der Waals surface area contributed by atoms with Crippen molar-refractivity contribution in [2.24, 2.45) is 0 Å². The molecule has 0 radical (unpaired) electrons. The third-order valence-corrected chi connectivity index (χ3v) is 3.02. The van der Waals surface area contributed by atoms with E-state index < -0.39 is 0 Å². The second kappa shape index (κ2) is 6.62. The number of hydrogen-bond donors (Lipinski definition) is 1. The SMILES string of the molecule is N#CCNC(=O)Cc1nnc(Cc2cnc3ccccc3n2)o1. The molecule has 0 bridgehead atoms. The fourth-order valence-corrected chi connectivity index (χ4v) is 2.00. The average molecular weight is 308 g/mol. The minimum atomic E-state index is -0.341. The first-order valence-corrected chi connectivity index (χ1v) is 6.90. The summed E-state index contributed by atoms with van der Waals surface area (Å²) in [7, 11) is 0. The molecule has 0 aliphatic carbocycles. The highest BCUT2D eigenvalue weighted by molar-refractivity contribution is 5.77. The summed E-state index contributed by atoms with van der Waals surface area (Å²) in [5.41, 5.74) is 2.31. The zero-order valence-corrected chi connectivity index (χ0v) is 12.1. The van der Waals surface area contributed by atoms with Crippen molar-refractivity contribution in [1.29, 1.82) is 5.26 Å². The Hall–Kier alpha value is -3.34. The number of fused-ring (bicyclic) bond motifs is 1. The summed E-state index contributed by atoms with van der Waals surface area (Å²) in [6.45, 7) is -0.0491. The predicted molar refractivity (Wildman–Crippen MR) is 79.0 cm³/mol. The van der Waals surface area contributed by atoms with Crippen molar-refractivity contribution in [3.8, 4) is 6.07 Å². The molecule has 0 saturated carbocycles. The Morgan fingerprint density at radius 3 is 2.83 bits per heavy atom. The van der Waals surface area contributed by atoms with E-state index in [-0.39, 0.29) is 24.8 Å². The largest absolute Gasteiger partial charge is 0.424 e. The number of benzene rings is 1. The van der Waals surface area contributed by atoms with Crippen molar-refractivity contribution < 1.29 is 9.21 Å². The quantitative estimate of drug-likeness (QED) is 0.692. The van der Waals surface area contributed by atoms with E-state index in [0.717, 1.165) is 11.0 Å². The molecule has 2 heterocycles. The monoisotopic (exact) mass is 308 g/mol. The van der Waals surface area contributed by atoms with Crippen molar-refractivity contribution in [2.45, 2.75) is 12.8 Å². The average Bonchev–Trinajstić information content (AvgIpc) is 2.99. The van der Waals surface area contributed by atoms with Gasteiger partial charge in [0.05, 0.1) is 29.2 Å². The minimum Gasteiger partial charge on any atom is -0.424 e. The normalized spacial score (nSPS) is 10.4. The fraction of sp³-hybridized carbons (Fsp3) is 0.200. The van der Waals surface area contributed by atoms with E-state index in [4.69, 9.17) is 9.68 Å². The summed E-state index contributed by atoms with van der Waals surface area (Å²) < 4.78 is 5.42. The van der Waals surface area contributed by atoms with Gasteiger partial charge in [-0.2, -0.15) is 5.26 Å². The molecule has 23 heavy (non-hydrogen) atoms. The van der Waals surface area contributed by atoms with Crippen molar-refractivity contribution in [3.63, 3.8) is 0 Å². The van der Waals surface area contributed by atoms with E-state index in [1.807, 2.05) is 30.3 Å². The molecule has 0 fully saturated rings. The van der Waals surface area contributed by atoms with Crippen LogP contribution in [0, 0.1) is 11.3 Å². The molecule has 0 aliphatic heterocycles. The van der Waals surface area contributed by atoms with Crippen LogP contribution in [0.4, 0.5) is 0 Å². The number of aromatic nitrogens is 4. The first-order valence-electron chi connectivity index (χ1n) is 6.90. The Morgan fingerprint density at radius 2 is 2.00 bits per heavy atom. The third kappa shape index (κ3) is 3.65. The second-order valence-corrected chi connectivity index (χ2v) is 4.73. The summed E-state index contributed by atoms with van der Waals surface area (Å²) in [5.74, 6) is 0.217. The highest BCUT2D eigenvalue weighted by atomic mass is 16.4. The van der Waals surface area contributed by atoms with Crippen molar-refractivity contribution in [3.05, 3.63) is 47.9 Å². The Kier molecular flexibility index (Phi) is 4.20. The van der Waals surface area contributed by atoms with Crippen LogP contribution in [0.2, 0.25) is 0 Å². The maximum absolute atomic E-state index is 11.5. The van der Waals surface area contributed by atoms with Crippen LogP contribution in [-0.2, 0) is 17.6 Å². The smallest absolute Gasteiger partial charge is 0.230 e. The Balaban J connectivity index is 1.68. The lowest BCUT2D eigenvalue weighted by atomic mass is 10.2. The van der Waals surface area contributed by atoms with Gasteiger partial charge in [-0.15, -0.1) is 10.2 Å². The van der Waals surface area contributed by atoms with E-state index in [1.54, 1.807) is 6.20 Å². The summed E-state index contributed by atoms with van der Waals surface area (Å²) in [5, 5.41) is 18.5. The summed E-state index contributed by atoms with van der Waals surface area (Å²) in [6.07, 6.45) is 1.94. The van der Waals surface area contributed by atoms with Crippen molar-refractivity contribution in [1.82, 2.24) is 25.5 Å². The molecule has 0 unspecified atom stereocenters. The van der Waals surface area contributed by atoms with Gasteiger partial charge in [-0.25, -0.2) is 4.98 Å². The molecule has 8 nitrogen and oxygen atoms in total. The van der Waals surface area contributed by atoms with Gasteiger partial charge in [-0.05, 0) is 12.1 Å². The Labute approximate surface area is 131 Å². The zero-order chi connectivity index (χ0) is 16.1. The van der Waals surface area contributed by atoms with Gasteiger partial charge in [-0.1, -0.05) is 12.1 Å². The van der Waals surface area contributed by atoms with Crippen LogP contribution in [0.5, 0.6) is 0 Å². The molecule has 0 aliphatic rings. The summed E-state index contributed by atoms with van der Waals surface area (Å²) >= 11 is 0. The fourth-order valence-electron chi connectivity index (χ4n) is 2.00. The van der Waals surface area contributed by atoms with Gasteiger partial charge < -0.3 is 9.73 Å². The number of para-hydroxylation sites is 2. The minimum absolute atomic E-state index is 0.0491. The van der Waals surface area contributed by atoms with Crippen LogP contribution in [0.15, 0.2) is 34.9 Å². The van der Waals surface area contributed by atoms with Crippen LogP contribution < -0.4 is 5.32 Å². The first kappa shape index (κ1) is 14.6. The van der Waals surface area contributed by atoms with Crippen LogP contribution in [-0.4, -0.2) is 32.6 Å². The zero-order valence-electron chi connectivity index (χ0n) is 12.1. The molecule has 114 valence electrons. The number of carbonyl (C=O) groups is 1. The summed E-state index contributed by atoms with van der Waals surface area (Å²) in [4.78, 5) is 20.3. The molecule has 2 aromatic heterocycles. The number of nitrogens with one attached hydrogen (secondary N) is 1. The number of hydrogen-bond acceptors (Lipinski definition) is 7. The second-order valence-electron chi connectivity index (χ2n) is 4.73. The van der Waals surface area contributed by atoms with Gasteiger partial charge >= 0.3 is 0 Å². The highest BCUT2D eigenvalue weighted by Crippen LogP contribution is 2.11. The van der Waals surface area contributed by atoms with E-state index in [1.165, 1.54) is 0 Å². The number of rotatable bonds is 5. The van der Waals surface area contributed by atoms with Crippen LogP contribution in [0.3, 0.4) is 0 Å². The summed E-state index contributed by atoms with van der Waals surface area (Å²) in [6, 6.07) is 9.38. The number of nitrogens with zero attached hydrogens (tertiary/aromatic N) is 5. The molecule has 3 rings (SSSR count). The van der Waals surface area contributed by atoms with Crippen molar-refractivity contribution >= 4 is 16.9 Å². The Morgan fingerprint density at radius 1 is 1.22 bits per heavy atom. The third-order valence-electron chi connectivity index (χ3n) is 3.02. The van der Waals surface area contributed by atoms with E-state index >= 15 is 0 Å². The standard InChI is InChI=1S/C15H12N6O2/c16-5-6-17-13(22)8-15-21-20-14(23-15)7-10-9-18-11-3-1-2-4-12(11)19-10/h1-4,9H,6-8H2,(H,17,22). The van der Waals surface area contributed by atoms with Gasteiger partial charge in [-0.3, -0.25) is 9.78 Å². The molecule has 0 saturated heterocycles. The predicted octanol–water partition coefficient (Wildman–Crippen LogP) is 0.786. The number of carbonyl (C=O) groups excluding carboxylic acids is 1. The van der Waals surface area contributed by atoms with Crippen LogP contribution >= 0.6 is 0 Å². The lowest BCUT2D eigenvalue weighted by molar-refractivity contribution is -0.120. The maximum atomic E-state index is 11.5. The molecular weight excluding hydrogens is 296 g/mol. The molecule has 1 aromatic carbocycles. The van der Waals surface area contributed by atoms with Crippen molar-refractivity contribution in [2.75, 3.05) is 6.54 Å². The van der Waals surface area contributed by atoms with E-state index in [0.29, 0.717) is 18.0 Å². The van der Waals surface area contributed by atoms with Crippen LogP contribution in [0.1, 0.15) is 17.5 Å². The van der Waals surface area contributed by atoms with Gasteiger partial charge in [0.1, 0.15) is 13.0 Å². The molecule has 1 amide bonds. The molecule has 1 N–H and O–H groups in total. The van der Waals surface area contributed by atoms with E-state index in [9.17, 15) is 4.79 Å². The van der Waals surface area contributed by atoms with Gasteiger partial charge in [0.2, 0.25) is 17.7 Å². The molecular formula is C15H12N6O2. The van der Waals surface area contributed by atoms with Crippen LogP contribution in [0.25, 0.3) is 11.0 Å². The highest BCUT2D eigenvalue weighted by Gasteiger charge is 2.12. The molecule has 8 heteroatoms. The number of amides is 1. The topological polar surface area (TPSA) is 118 Å². The first-order chi connectivity index (χ1) is 11.2. The maximum Gasteiger partial charge on any atom is 0.230 e. The van der Waals surface area contributed by atoms with E-state index in [2.05, 4.69) is 25.5 Å². The lowest BCUT2D eigenvalue weighted by Gasteiger charge is -1.99. The van der Waals surface area contributed by atoms with Gasteiger partial charge in [0.25, 0.3) is 0 Å². The number of nitriles is 1. The molecule has 0 atom stereocenters. The lowest BCUT2D eigenvalue weighted by Crippen LogP contribution is -2.25. The molecule has 0 spiro atoms. The Bertz CT molecular complexity index is 883. The van der Waals surface area contributed by atoms with Gasteiger partial charge in [0.15, 0.2) is 0 Å².